The number of hydrogen-bond donors (Lipinski definition) is 2. The Labute approximate surface area is 93.1 Å². The normalized spacial score (nSPS) is 13.6. The van der Waals surface area contributed by atoms with Crippen LogP contribution in [0.15, 0.2) is 29.3 Å². The molecule has 0 atom stereocenters. The maximum Gasteiger partial charge on any atom is 0.189 e. The smallest absolute Gasteiger partial charge is 0.189 e. The second-order valence-electron chi connectivity index (χ2n) is 3.10. The van der Waals surface area contributed by atoms with Gasteiger partial charge in [-0.1, -0.05) is 18.2 Å². The lowest BCUT2D eigenvalue weighted by Gasteiger charge is -2.12. The minimum absolute atomic E-state index is 0. The van der Waals surface area contributed by atoms with Crippen molar-refractivity contribution in [1.29, 1.82) is 5.41 Å². The third-order valence-electron chi connectivity index (χ3n) is 2.09. The van der Waals surface area contributed by atoms with Crippen LogP contribution in [-0.2, 0) is 11.2 Å². The zero-order valence-corrected chi connectivity index (χ0v) is 8.67. The highest BCUT2D eigenvalue weighted by atomic mass is 35.5. The molecule has 0 saturated heterocycles. The summed E-state index contributed by atoms with van der Waals surface area (Å²) in [4.78, 5) is 15.5. The van der Waals surface area contributed by atoms with Gasteiger partial charge in [0.2, 0.25) is 0 Å². The van der Waals surface area contributed by atoms with Crippen molar-refractivity contribution in [3.8, 4) is 0 Å². The van der Waals surface area contributed by atoms with Crippen LogP contribution in [0.4, 0.5) is 5.69 Å². The van der Waals surface area contributed by atoms with Crippen molar-refractivity contribution in [3.63, 3.8) is 0 Å². The number of para-hydroxylation sites is 1. The summed E-state index contributed by atoms with van der Waals surface area (Å²) in [6.07, 6.45) is 0.286. The van der Waals surface area contributed by atoms with Gasteiger partial charge in [0.15, 0.2) is 5.78 Å². The summed E-state index contributed by atoms with van der Waals surface area (Å²) >= 11 is 0. The zero-order chi connectivity index (χ0) is 10.1. The molecule has 0 aromatic heterocycles. The van der Waals surface area contributed by atoms with E-state index in [2.05, 4.69) is 4.99 Å². The molecule has 5 heteroatoms. The summed E-state index contributed by atoms with van der Waals surface area (Å²) in [6, 6.07) is 7.37. The maximum atomic E-state index is 11.4. The third kappa shape index (κ3) is 2.05. The van der Waals surface area contributed by atoms with Gasteiger partial charge in [0, 0.05) is 6.42 Å². The second-order valence-corrected chi connectivity index (χ2v) is 3.10. The number of carbonyl (C=O) groups excluding carboxylic acids is 1. The number of nitrogens with two attached hydrogens (primary N) is 1. The van der Waals surface area contributed by atoms with Crippen molar-refractivity contribution in [2.24, 2.45) is 10.7 Å². The van der Waals surface area contributed by atoms with Gasteiger partial charge in [-0.05, 0) is 11.6 Å². The lowest BCUT2D eigenvalue weighted by atomic mass is 10.00. The van der Waals surface area contributed by atoms with E-state index in [-0.39, 0.29) is 36.2 Å². The van der Waals surface area contributed by atoms with E-state index in [4.69, 9.17) is 11.1 Å². The van der Waals surface area contributed by atoms with Crippen LogP contribution in [0.1, 0.15) is 5.56 Å². The highest BCUT2D eigenvalue weighted by Crippen LogP contribution is 2.23. The van der Waals surface area contributed by atoms with Crippen LogP contribution < -0.4 is 5.73 Å². The zero-order valence-electron chi connectivity index (χ0n) is 7.86. The molecular formula is C10H10ClN3O. The summed E-state index contributed by atoms with van der Waals surface area (Å²) < 4.78 is 0. The molecule has 0 bridgehead atoms. The summed E-state index contributed by atoms with van der Waals surface area (Å²) in [5.74, 6) is -0.444. The van der Waals surface area contributed by atoms with Gasteiger partial charge in [-0.15, -0.1) is 12.4 Å². The summed E-state index contributed by atoms with van der Waals surface area (Å²) in [6.45, 7) is 0. The number of rotatable bonds is 1. The summed E-state index contributed by atoms with van der Waals surface area (Å²) in [5, 5.41) is 7.19. The molecule has 1 heterocycles. The molecule has 4 nitrogen and oxygen atoms in total. The van der Waals surface area contributed by atoms with Gasteiger partial charge >= 0.3 is 0 Å². The van der Waals surface area contributed by atoms with Crippen molar-refractivity contribution >= 4 is 35.4 Å². The first-order valence-electron chi connectivity index (χ1n) is 4.22. The van der Waals surface area contributed by atoms with E-state index in [9.17, 15) is 4.79 Å². The number of halogens is 1. The van der Waals surface area contributed by atoms with E-state index < -0.39 is 0 Å². The Hall–Kier alpha value is -1.68. The molecule has 0 unspecified atom stereocenters. The molecule has 1 aliphatic rings. The van der Waals surface area contributed by atoms with Gasteiger partial charge in [-0.25, -0.2) is 4.99 Å². The first-order valence-corrected chi connectivity index (χ1v) is 4.22. The van der Waals surface area contributed by atoms with E-state index in [1.165, 1.54) is 0 Å². The number of Topliss-reactive ketones (excluding diaryl/α,β-unsaturated/α-hetero) is 1. The highest BCUT2D eigenvalue weighted by Gasteiger charge is 2.21. The van der Waals surface area contributed by atoms with Crippen molar-refractivity contribution < 1.29 is 4.79 Å². The van der Waals surface area contributed by atoms with E-state index >= 15 is 0 Å². The van der Waals surface area contributed by atoms with E-state index in [0.29, 0.717) is 0 Å². The molecule has 0 fully saturated rings. The Morgan fingerprint density at radius 2 is 2.07 bits per heavy atom. The fourth-order valence-electron chi connectivity index (χ4n) is 1.42. The van der Waals surface area contributed by atoms with Crippen molar-refractivity contribution in [3.05, 3.63) is 29.8 Å². The van der Waals surface area contributed by atoms with Gasteiger partial charge in [-0.3, -0.25) is 10.2 Å². The van der Waals surface area contributed by atoms with Crippen molar-refractivity contribution in [1.82, 2.24) is 0 Å². The number of ketones is 1. The van der Waals surface area contributed by atoms with Gasteiger partial charge in [-0.2, -0.15) is 0 Å². The molecule has 2 rings (SSSR count). The monoisotopic (exact) mass is 223 g/mol. The highest BCUT2D eigenvalue weighted by molar-refractivity contribution is 6.67. The maximum absolute atomic E-state index is 11.4. The molecule has 0 saturated carbocycles. The number of amidine groups is 1. The first kappa shape index (κ1) is 11.4. The standard InChI is InChI=1S/C10H9N3O.ClH/c11-10(12)9-8(14)5-6-3-1-2-4-7(6)13-9;/h1-4H,5H2,(H3,11,12);1H. The molecule has 1 aromatic carbocycles. The number of carbonyl (C=O) groups is 1. The number of aliphatic imine (C=N–C) groups is 1. The van der Waals surface area contributed by atoms with Crippen LogP contribution in [0.3, 0.4) is 0 Å². The van der Waals surface area contributed by atoms with Crippen molar-refractivity contribution in [2.75, 3.05) is 0 Å². The summed E-state index contributed by atoms with van der Waals surface area (Å²) in [7, 11) is 0. The summed E-state index contributed by atoms with van der Waals surface area (Å²) in [5.41, 5.74) is 6.94. The Bertz CT molecular complexity index is 454. The molecule has 0 amide bonds. The van der Waals surface area contributed by atoms with Crippen LogP contribution in [0, 0.1) is 5.41 Å². The van der Waals surface area contributed by atoms with E-state index in [1.807, 2.05) is 24.3 Å². The minimum Gasteiger partial charge on any atom is -0.382 e. The molecule has 0 radical (unpaired) electrons. The molecule has 1 aliphatic heterocycles. The number of fused-ring (bicyclic) bond motifs is 1. The Morgan fingerprint density at radius 1 is 1.40 bits per heavy atom. The number of hydrogen-bond acceptors (Lipinski definition) is 3. The molecule has 1 aromatic rings. The molecule has 78 valence electrons. The van der Waals surface area contributed by atoms with Gasteiger partial charge in [0.25, 0.3) is 0 Å². The van der Waals surface area contributed by atoms with Gasteiger partial charge in [0.1, 0.15) is 11.5 Å². The average molecular weight is 224 g/mol. The molecule has 0 aliphatic carbocycles. The Kier molecular flexibility index (Phi) is 3.21. The first-order chi connectivity index (χ1) is 6.68. The van der Waals surface area contributed by atoms with Crippen LogP contribution in [0.2, 0.25) is 0 Å². The fourth-order valence-corrected chi connectivity index (χ4v) is 1.42. The molecule has 0 spiro atoms. The van der Waals surface area contributed by atoms with Crippen LogP contribution in [0.25, 0.3) is 0 Å². The second kappa shape index (κ2) is 4.23. The number of nitrogens with one attached hydrogen (secondary N) is 1. The fraction of sp³-hybridized carbons (Fsp3) is 0.100. The Morgan fingerprint density at radius 3 is 2.73 bits per heavy atom. The lowest BCUT2D eigenvalue weighted by Crippen LogP contribution is -2.32. The van der Waals surface area contributed by atoms with Crippen LogP contribution >= 0.6 is 12.4 Å². The predicted octanol–water partition coefficient (Wildman–Crippen LogP) is 1.24. The largest absolute Gasteiger partial charge is 0.382 e. The predicted molar refractivity (Wildman–Crippen MR) is 61.4 cm³/mol. The lowest BCUT2D eigenvalue weighted by molar-refractivity contribution is -0.112. The van der Waals surface area contributed by atoms with Gasteiger partial charge in [0.05, 0.1) is 5.69 Å². The number of nitrogens with zero attached hydrogens (tertiary/aromatic N) is 1. The minimum atomic E-state index is -0.260. The average Bonchev–Trinajstić information content (AvgIpc) is 2.16. The van der Waals surface area contributed by atoms with Gasteiger partial charge < -0.3 is 5.73 Å². The quantitative estimate of drug-likeness (QED) is 0.555. The number of benzene rings is 1. The van der Waals surface area contributed by atoms with Crippen LogP contribution in [-0.4, -0.2) is 17.3 Å². The van der Waals surface area contributed by atoms with E-state index in [1.54, 1.807) is 0 Å². The third-order valence-corrected chi connectivity index (χ3v) is 2.09. The van der Waals surface area contributed by atoms with Crippen LogP contribution in [0.5, 0.6) is 0 Å². The molecular weight excluding hydrogens is 214 g/mol. The topological polar surface area (TPSA) is 79.3 Å². The van der Waals surface area contributed by atoms with Crippen molar-refractivity contribution in [2.45, 2.75) is 6.42 Å². The van der Waals surface area contributed by atoms with E-state index in [0.717, 1.165) is 11.3 Å². The molecule has 15 heavy (non-hydrogen) atoms. The molecule has 3 N–H and O–H groups in total. The Balaban J connectivity index is 0.00000112. The SMILES string of the molecule is Cl.N=C(N)C1=Nc2ccccc2CC1=O.